The number of para-hydroxylation sites is 1. The molecule has 0 fully saturated rings. The van der Waals surface area contributed by atoms with Gasteiger partial charge in [0.15, 0.2) is 0 Å². The fourth-order valence-electron chi connectivity index (χ4n) is 1.68. The Morgan fingerprint density at radius 1 is 1.29 bits per heavy atom. The largest absolute Gasteiger partial charge is 0.494 e. The van der Waals surface area contributed by atoms with Crippen LogP contribution in [0.2, 0.25) is 0 Å². The van der Waals surface area contributed by atoms with E-state index in [1.807, 2.05) is 30.3 Å². The molecule has 0 aliphatic carbocycles. The molecule has 0 saturated carbocycles. The highest BCUT2D eigenvalue weighted by atomic mass is 16.5. The molecule has 0 saturated heterocycles. The second kappa shape index (κ2) is 7.71. The molecular weight excluding hydrogens is 216 g/mol. The molecule has 0 bridgehead atoms. The van der Waals surface area contributed by atoms with Gasteiger partial charge in [0.25, 0.3) is 0 Å². The Bertz CT molecular complexity index is 321. The summed E-state index contributed by atoms with van der Waals surface area (Å²) in [7, 11) is 0. The summed E-state index contributed by atoms with van der Waals surface area (Å²) in [5.74, 6) is -0.194. The first-order valence-electron chi connectivity index (χ1n) is 6.14. The zero-order chi connectivity index (χ0) is 12.5. The van der Waals surface area contributed by atoms with Crippen molar-refractivity contribution in [1.29, 1.82) is 0 Å². The van der Waals surface area contributed by atoms with Gasteiger partial charge in [-0.15, -0.1) is 0 Å². The number of hydrogen-bond donors (Lipinski definition) is 1. The minimum atomic E-state index is -0.713. The van der Waals surface area contributed by atoms with Crippen LogP contribution in [0.4, 0.5) is 0 Å². The van der Waals surface area contributed by atoms with Gasteiger partial charge < -0.3 is 9.84 Å². The van der Waals surface area contributed by atoms with E-state index >= 15 is 0 Å². The number of carboxylic acids is 1. The van der Waals surface area contributed by atoms with Crippen molar-refractivity contribution >= 4 is 5.97 Å². The van der Waals surface area contributed by atoms with Crippen molar-refractivity contribution in [2.45, 2.75) is 32.6 Å². The van der Waals surface area contributed by atoms with Gasteiger partial charge in [0, 0.05) is 0 Å². The van der Waals surface area contributed by atoms with E-state index in [9.17, 15) is 4.79 Å². The number of unbranched alkanes of at least 4 members (excludes halogenated alkanes) is 1. The van der Waals surface area contributed by atoms with Crippen LogP contribution in [0.3, 0.4) is 0 Å². The monoisotopic (exact) mass is 236 g/mol. The van der Waals surface area contributed by atoms with Gasteiger partial charge in [0.2, 0.25) is 0 Å². The summed E-state index contributed by atoms with van der Waals surface area (Å²) in [5, 5.41) is 9.04. The Hall–Kier alpha value is -1.51. The van der Waals surface area contributed by atoms with Gasteiger partial charge >= 0.3 is 5.97 Å². The fraction of sp³-hybridized carbons (Fsp3) is 0.500. The van der Waals surface area contributed by atoms with E-state index in [2.05, 4.69) is 6.92 Å². The number of benzene rings is 1. The van der Waals surface area contributed by atoms with Gasteiger partial charge in [-0.25, -0.2) is 0 Å². The van der Waals surface area contributed by atoms with E-state index in [4.69, 9.17) is 9.84 Å². The number of ether oxygens (including phenoxy) is 1. The fourth-order valence-corrected chi connectivity index (χ4v) is 1.68. The Morgan fingerprint density at radius 3 is 2.59 bits per heavy atom. The normalized spacial score (nSPS) is 12.1. The van der Waals surface area contributed by atoms with E-state index in [1.165, 1.54) is 0 Å². The summed E-state index contributed by atoms with van der Waals surface area (Å²) in [4.78, 5) is 11.0. The first-order chi connectivity index (χ1) is 8.24. The molecule has 0 aliphatic heterocycles. The molecule has 0 aliphatic rings. The van der Waals surface area contributed by atoms with Crippen molar-refractivity contribution in [3.63, 3.8) is 0 Å². The molecule has 0 spiro atoms. The third kappa shape index (κ3) is 5.38. The van der Waals surface area contributed by atoms with Gasteiger partial charge in [-0.2, -0.15) is 0 Å². The molecule has 1 aromatic carbocycles. The van der Waals surface area contributed by atoms with Gasteiger partial charge in [-0.3, -0.25) is 4.79 Å². The SMILES string of the molecule is CCCCC(CCOc1ccccc1)C(=O)O. The maximum Gasteiger partial charge on any atom is 0.306 e. The molecule has 1 aromatic rings. The summed E-state index contributed by atoms with van der Waals surface area (Å²) >= 11 is 0. The minimum Gasteiger partial charge on any atom is -0.494 e. The van der Waals surface area contributed by atoms with E-state index < -0.39 is 5.97 Å². The Kier molecular flexibility index (Phi) is 6.15. The number of carbonyl (C=O) groups is 1. The molecule has 3 nitrogen and oxygen atoms in total. The van der Waals surface area contributed by atoms with Crippen molar-refractivity contribution in [3.05, 3.63) is 30.3 Å². The van der Waals surface area contributed by atoms with Crippen LogP contribution in [0, 0.1) is 5.92 Å². The van der Waals surface area contributed by atoms with Crippen LogP contribution >= 0.6 is 0 Å². The third-order valence-electron chi connectivity index (χ3n) is 2.73. The Balaban J connectivity index is 2.29. The lowest BCUT2D eigenvalue weighted by atomic mass is 9.99. The predicted molar refractivity (Wildman–Crippen MR) is 67.2 cm³/mol. The highest BCUT2D eigenvalue weighted by Gasteiger charge is 2.16. The highest BCUT2D eigenvalue weighted by Crippen LogP contribution is 2.15. The number of carboxylic acid groups (broad SMARTS) is 1. The van der Waals surface area contributed by atoms with Crippen molar-refractivity contribution in [1.82, 2.24) is 0 Å². The lowest BCUT2D eigenvalue weighted by Crippen LogP contribution is -2.16. The van der Waals surface area contributed by atoms with Crippen LogP contribution in [-0.4, -0.2) is 17.7 Å². The van der Waals surface area contributed by atoms with Crippen molar-refractivity contribution in [2.24, 2.45) is 5.92 Å². The van der Waals surface area contributed by atoms with Crippen molar-refractivity contribution in [2.75, 3.05) is 6.61 Å². The van der Waals surface area contributed by atoms with Gasteiger partial charge in [0.05, 0.1) is 12.5 Å². The molecule has 1 rings (SSSR count). The summed E-state index contributed by atoms with van der Waals surface area (Å²) in [6.45, 7) is 2.53. The lowest BCUT2D eigenvalue weighted by Gasteiger charge is -2.12. The Morgan fingerprint density at radius 2 is 2.00 bits per heavy atom. The molecule has 1 unspecified atom stereocenters. The first-order valence-corrected chi connectivity index (χ1v) is 6.14. The number of hydrogen-bond acceptors (Lipinski definition) is 2. The number of rotatable bonds is 8. The van der Waals surface area contributed by atoms with E-state index in [0.717, 1.165) is 25.0 Å². The van der Waals surface area contributed by atoms with Gasteiger partial charge in [0.1, 0.15) is 5.75 Å². The summed E-state index contributed by atoms with van der Waals surface area (Å²) in [6, 6.07) is 9.49. The summed E-state index contributed by atoms with van der Waals surface area (Å²) < 4.78 is 5.50. The average molecular weight is 236 g/mol. The number of aliphatic carboxylic acids is 1. The predicted octanol–water partition coefficient (Wildman–Crippen LogP) is 3.35. The molecule has 3 heteroatoms. The zero-order valence-corrected chi connectivity index (χ0v) is 10.3. The molecule has 17 heavy (non-hydrogen) atoms. The Labute approximate surface area is 102 Å². The van der Waals surface area contributed by atoms with Crippen molar-refractivity contribution < 1.29 is 14.6 Å². The topological polar surface area (TPSA) is 46.5 Å². The van der Waals surface area contributed by atoms with Crippen LogP contribution < -0.4 is 4.74 Å². The standard InChI is InChI=1S/C14H20O3/c1-2-3-7-12(14(15)16)10-11-17-13-8-5-4-6-9-13/h4-6,8-9,12H,2-3,7,10-11H2,1H3,(H,15,16). The average Bonchev–Trinajstić information content (AvgIpc) is 2.34. The van der Waals surface area contributed by atoms with E-state index in [0.29, 0.717) is 13.0 Å². The van der Waals surface area contributed by atoms with Crippen LogP contribution in [-0.2, 0) is 4.79 Å². The second-order valence-electron chi connectivity index (χ2n) is 4.13. The molecular formula is C14H20O3. The third-order valence-corrected chi connectivity index (χ3v) is 2.73. The lowest BCUT2D eigenvalue weighted by molar-refractivity contribution is -0.142. The van der Waals surface area contributed by atoms with Crippen LogP contribution in [0.1, 0.15) is 32.6 Å². The van der Waals surface area contributed by atoms with Gasteiger partial charge in [-0.1, -0.05) is 38.0 Å². The van der Waals surface area contributed by atoms with Crippen LogP contribution in [0.15, 0.2) is 30.3 Å². The zero-order valence-electron chi connectivity index (χ0n) is 10.3. The molecule has 0 heterocycles. The minimum absolute atomic E-state index is 0.279. The molecule has 0 radical (unpaired) electrons. The van der Waals surface area contributed by atoms with Crippen LogP contribution in [0.25, 0.3) is 0 Å². The quantitative estimate of drug-likeness (QED) is 0.753. The molecule has 1 atom stereocenters. The highest BCUT2D eigenvalue weighted by molar-refractivity contribution is 5.69. The first kappa shape index (κ1) is 13.6. The second-order valence-corrected chi connectivity index (χ2v) is 4.13. The summed E-state index contributed by atoms with van der Waals surface area (Å²) in [5.41, 5.74) is 0. The van der Waals surface area contributed by atoms with E-state index in [1.54, 1.807) is 0 Å². The maximum absolute atomic E-state index is 11.0. The molecule has 1 N–H and O–H groups in total. The van der Waals surface area contributed by atoms with Crippen molar-refractivity contribution in [3.8, 4) is 5.75 Å². The molecule has 0 amide bonds. The van der Waals surface area contributed by atoms with Crippen LogP contribution in [0.5, 0.6) is 5.75 Å². The smallest absolute Gasteiger partial charge is 0.306 e. The maximum atomic E-state index is 11.0. The van der Waals surface area contributed by atoms with Gasteiger partial charge in [-0.05, 0) is 25.0 Å². The summed E-state index contributed by atoms with van der Waals surface area (Å²) in [6.07, 6.45) is 3.31. The molecule has 94 valence electrons. The molecule has 0 aromatic heterocycles. The van der Waals surface area contributed by atoms with E-state index in [-0.39, 0.29) is 5.92 Å².